The molecule has 6 nitrogen and oxygen atoms in total. The third-order valence-corrected chi connectivity index (χ3v) is 5.47. The van der Waals surface area contributed by atoms with Gasteiger partial charge in [0.15, 0.2) is 0 Å². The van der Waals surface area contributed by atoms with Crippen LogP contribution < -0.4 is 5.32 Å². The molecule has 2 N–H and O–H groups in total. The second-order valence-electron chi connectivity index (χ2n) is 7.68. The molecule has 3 aromatic rings. The summed E-state index contributed by atoms with van der Waals surface area (Å²) in [7, 11) is 0. The number of nitrogens with zero attached hydrogens (tertiary/aromatic N) is 2. The number of benzene rings is 2. The van der Waals surface area contributed by atoms with Crippen molar-refractivity contribution in [2.75, 3.05) is 26.2 Å². The molecule has 2 heterocycles. The van der Waals surface area contributed by atoms with Crippen LogP contribution >= 0.6 is 11.6 Å². The Hall–Kier alpha value is -2.96. The van der Waals surface area contributed by atoms with Crippen LogP contribution in [0.3, 0.4) is 0 Å². The minimum absolute atomic E-state index is 0.0554. The van der Waals surface area contributed by atoms with Crippen LogP contribution in [0.5, 0.6) is 0 Å². The number of amides is 1. The zero-order valence-corrected chi connectivity index (χ0v) is 18.9. The molecule has 2 aromatic carbocycles. The average Bonchev–Trinajstić information content (AvgIpc) is 2.80. The fourth-order valence-electron chi connectivity index (χ4n) is 3.53. The first-order valence-corrected chi connectivity index (χ1v) is 11.2. The van der Waals surface area contributed by atoms with E-state index in [-0.39, 0.29) is 5.91 Å². The molecule has 0 saturated carbocycles. The highest BCUT2D eigenvalue weighted by Gasteiger charge is 2.18. The number of nitrogens with one attached hydrogen (secondary N) is 1. The fourth-order valence-corrected chi connectivity index (χ4v) is 3.82. The van der Waals surface area contributed by atoms with Crippen molar-refractivity contribution < 1.29 is 14.7 Å². The number of rotatable bonds is 5. The Morgan fingerprint density at radius 1 is 1.09 bits per heavy atom. The van der Waals surface area contributed by atoms with Gasteiger partial charge in [-0.3, -0.25) is 14.6 Å². The molecule has 4 rings (SSSR count). The normalized spacial score (nSPS) is 13.4. The smallest absolute Gasteiger partial charge is 0.303 e. The number of pyridine rings is 1. The van der Waals surface area contributed by atoms with Gasteiger partial charge < -0.3 is 15.3 Å². The van der Waals surface area contributed by atoms with Gasteiger partial charge in [-0.2, -0.15) is 0 Å². The lowest BCUT2D eigenvalue weighted by Crippen LogP contribution is -2.46. The van der Waals surface area contributed by atoms with Crippen molar-refractivity contribution in [3.05, 3.63) is 76.4 Å². The van der Waals surface area contributed by atoms with Gasteiger partial charge in [-0.15, -0.1) is 0 Å². The van der Waals surface area contributed by atoms with Gasteiger partial charge in [-0.1, -0.05) is 54.9 Å². The van der Waals surface area contributed by atoms with E-state index in [0.29, 0.717) is 23.4 Å². The summed E-state index contributed by atoms with van der Waals surface area (Å²) in [4.78, 5) is 29.0. The number of fused-ring (bicyclic) bond motifs is 1. The van der Waals surface area contributed by atoms with Gasteiger partial charge in [0.2, 0.25) is 0 Å². The zero-order valence-electron chi connectivity index (χ0n) is 18.2. The quantitative estimate of drug-likeness (QED) is 0.598. The number of aromatic nitrogens is 1. The molecule has 1 fully saturated rings. The predicted molar refractivity (Wildman–Crippen MR) is 127 cm³/mol. The van der Waals surface area contributed by atoms with E-state index in [2.05, 4.69) is 17.4 Å². The standard InChI is InChI=1S/C21H20ClN3O.C4H8O2/c22-19-14-17(12-15-4-2-1-3-5-15)24-20-13-16(6-7-18(19)20)21(26)25-10-8-23-9-11-25;1-2-3-4(5)6/h1-7,13-14,23H,8-12H2;2-3H2,1H3,(H,5,6). The van der Waals surface area contributed by atoms with Gasteiger partial charge in [0.05, 0.1) is 10.5 Å². The SMILES string of the molecule is CCCC(=O)O.O=C(c1ccc2c(Cl)cc(Cc3ccccc3)nc2c1)N1CCNCC1. The predicted octanol–water partition coefficient (Wildman–Crippen LogP) is 4.40. The Morgan fingerprint density at radius 2 is 1.81 bits per heavy atom. The number of halogens is 1. The monoisotopic (exact) mass is 453 g/mol. The molecule has 0 radical (unpaired) electrons. The number of hydrogen-bond donors (Lipinski definition) is 2. The van der Waals surface area contributed by atoms with Crippen molar-refractivity contribution in [2.45, 2.75) is 26.2 Å². The summed E-state index contributed by atoms with van der Waals surface area (Å²) in [6, 6.07) is 17.7. The topological polar surface area (TPSA) is 82.5 Å². The van der Waals surface area contributed by atoms with Gasteiger partial charge >= 0.3 is 5.97 Å². The van der Waals surface area contributed by atoms with E-state index in [4.69, 9.17) is 21.7 Å². The van der Waals surface area contributed by atoms with E-state index < -0.39 is 5.97 Å². The largest absolute Gasteiger partial charge is 0.481 e. The lowest BCUT2D eigenvalue weighted by molar-refractivity contribution is -0.137. The van der Waals surface area contributed by atoms with Crippen LogP contribution in [0.2, 0.25) is 5.02 Å². The molecule has 0 atom stereocenters. The number of piperazine rings is 1. The molecule has 0 aliphatic carbocycles. The van der Waals surface area contributed by atoms with Crippen molar-refractivity contribution in [2.24, 2.45) is 0 Å². The first-order valence-electron chi connectivity index (χ1n) is 10.8. The molecule has 1 aromatic heterocycles. The highest BCUT2D eigenvalue weighted by atomic mass is 35.5. The Kier molecular flexibility index (Phi) is 8.59. The molecule has 0 bridgehead atoms. The number of hydrogen-bond acceptors (Lipinski definition) is 4. The number of carbonyl (C=O) groups is 2. The van der Waals surface area contributed by atoms with Crippen molar-refractivity contribution >= 4 is 34.4 Å². The van der Waals surface area contributed by atoms with Gasteiger partial charge in [0, 0.05) is 55.7 Å². The van der Waals surface area contributed by atoms with Crippen LogP contribution in [0.15, 0.2) is 54.6 Å². The van der Waals surface area contributed by atoms with Crippen LogP contribution in [-0.4, -0.2) is 53.0 Å². The van der Waals surface area contributed by atoms with Crippen LogP contribution in [0.4, 0.5) is 0 Å². The number of aliphatic carboxylic acids is 1. The van der Waals surface area contributed by atoms with Crippen LogP contribution in [-0.2, 0) is 11.2 Å². The van der Waals surface area contributed by atoms with Crippen molar-refractivity contribution in [3.8, 4) is 0 Å². The minimum Gasteiger partial charge on any atom is -0.481 e. The molecule has 0 spiro atoms. The minimum atomic E-state index is -0.711. The van der Waals surface area contributed by atoms with Crippen molar-refractivity contribution in [1.29, 1.82) is 0 Å². The number of carboxylic acids is 1. The summed E-state index contributed by atoms with van der Waals surface area (Å²) in [5.41, 5.74) is 3.52. The van der Waals surface area contributed by atoms with Crippen molar-refractivity contribution in [3.63, 3.8) is 0 Å². The maximum Gasteiger partial charge on any atom is 0.303 e. The second kappa shape index (κ2) is 11.6. The molecule has 1 aliphatic rings. The molecule has 7 heteroatoms. The van der Waals surface area contributed by atoms with E-state index in [0.717, 1.165) is 49.2 Å². The lowest BCUT2D eigenvalue weighted by Gasteiger charge is -2.27. The van der Waals surface area contributed by atoms with Crippen LogP contribution in [0, 0.1) is 0 Å². The maximum absolute atomic E-state index is 12.7. The Balaban J connectivity index is 0.000000427. The van der Waals surface area contributed by atoms with Gasteiger partial charge in [-0.05, 0) is 30.2 Å². The number of carbonyl (C=O) groups excluding carboxylic acids is 1. The summed E-state index contributed by atoms with van der Waals surface area (Å²) in [5.74, 6) is -0.655. The first-order chi connectivity index (χ1) is 15.5. The molecular formula is C25H28ClN3O3. The van der Waals surface area contributed by atoms with Gasteiger partial charge in [0.25, 0.3) is 5.91 Å². The van der Waals surface area contributed by atoms with E-state index >= 15 is 0 Å². The molecule has 1 amide bonds. The van der Waals surface area contributed by atoms with E-state index in [1.54, 1.807) is 0 Å². The number of carboxylic acid groups (broad SMARTS) is 1. The molecule has 32 heavy (non-hydrogen) atoms. The summed E-state index contributed by atoms with van der Waals surface area (Å²) >= 11 is 6.47. The van der Waals surface area contributed by atoms with Crippen LogP contribution in [0.25, 0.3) is 10.9 Å². The summed E-state index contributed by atoms with van der Waals surface area (Å²) in [6.45, 7) is 4.99. The van der Waals surface area contributed by atoms with Crippen molar-refractivity contribution in [1.82, 2.24) is 15.2 Å². The highest BCUT2D eigenvalue weighted by Crippen LogP contribution is 2.25. The van der Waals surface area contributed by atoms with E-state index in [9.17, 15) is 9.59 Å². The van der Waals surface area contributed by atoms with Gasteiger partial charge in [-0.25, -0.2) is 0 Å². The molecule has 1 aliphatic heterocycles. The van der Waals surface area contributed by atoms with Crippen LogP contribution in [0.1, 0.15) is 41.4 Å². The average molecular weight is 454 g/mol. The Morgan fingerprint density at radius 3 is 2.44 bits per heavy atom. The molecule has 168 valence electrons. The molecular weight excluding hydrogens is 426 g/mol. The van der Waals surface area contributed by atoms with Gasteiger partial charge in [0.1, 0.15) is 0 Å². The highest BCUT2D eigenvalue weighted by molar-refractivity contribution is 6.35. The summed E-state index contributed by atoms with van der Waals surface area (Å²) in [5, 5.41) is 12.7. The fraction of sp³-hybridized carbons (Fsp3) is 0.320. The summed E-state index contributed by atoms with van der Waals surface area (Å²) in [6.07, 6.45) is 1.74. The zero-order chi connectivity index (χ0) is 22.9. The Bertz CT molecular complexity index is 1070. The summed E-state index contributed by atoms with van der Waals surface area (Å²) < 4.78 is 0. The van der Waals surface area contributed by atoms with E-state index in [1.807, 2.05) is 54.3 Å². The third kappa shape index (κ3) is 6.52. The lowest BCUT2D eigenvalue weighted by atomic mass is 10.1. The maximum atomic E-state index is 12.7. The third-order valence-electron chi connectivity index (χ3n) is 5.16. The second-order valence-corrected chi connectivity index (χ2v) is 8.08. The Labute approximate surface area is 193 Å². The molecule has 1 saturated heterocycles. The van der Waals surface area contributed by atoms with E-state index in [1.165, 1.54) is 5.56 Å². The molecule has 0 unspecified atom stereocenters. The first kappa shape index (κ1) is 23.7.